The Bertz CT molecular complexity index is 1110. The molecule has 0 amide bonds. The monoisotopic (exact) mass is 507 g/mol. The molecule has 0 unspecified atom stereocenters. The summed E-state index contributed by atoms with van der Waals surface area (Å²) in [6.07, 6.45) is 12.2. The zero-order chi connectivity index (χ0) is 27.2. The lowest BCUT2D eigenvalue weighted by Gasteiger charge is -2.70. The van der Waals surface area contributed by atoms with Gasteiger partial charge in [0.15, 0.2) is 5.78 Å². The molecule has 5 rings (SSSR count). The van der Waals surface area contributed by atoms with Crippen molar-refractivity contribution in [2.45, 2.75) is 113 Å². The van der Waals surface area contributed by atoms with Gasteiger partial charge in [-0.25, -0.2) is 4.85 Å². The summed E-state index contributed by atoms with van der Waals surface area (Å²) in [5.74, 6) is 1.16. The Balaban J connectivity index is 1.65. The van der Waals surface area contributed by atoms with Gasteiger partial charge in [0.2, 0.25) is 5.70 Å². The number of hydrogen-bond donors (Lipinski definition) is 2. The number of ketones is 1. The van der Waals surface area contributed by atoms with E-state index in [1.54, 1.807) is 0 Å². The summed E-state index contributed by atoms with van der Waals surface area (Å²) in [4.78, 5) is 18.3. The number of carbonyl (C=O) groups is 1. The number of fused-ring (bicyclic) bond motifs is 7. The molecule has 2 N–H and O–H groups in total. The predicted octanol–water partition coefficient (Wildman–Crippen LogP) is 8.04. The maximum atomic E-state index is 14.5. The molecule has 4 heteroatoms. The van der Waals surface area contributed by atoms with Gasteiger partial charge in [0.1, 0.15) is 5.76 Å². The largest absolute Gasteiger partial charge is 0.523 e. The van der Waals surface area contributed by atoms with Crippen LogP contribution in [0, 0.1) is 56.8 Å². The average Bonchev–Trinajstić information content (AvgIpc) is 2.82. The standard InChI is InChI=1S/C33H49NO3/c1-28(2)13-15-33(11-9-17-35)16-14-32(7)26(21(33)19-28)23(36)18-25-30(5)20-22(34-8)27(37)29(3,4)24(30)10-12-31(25,32)6/h18,21,24,26,35,37H,9-17,19-20H2,1-7H3/t21-,24-,26-,30-,31+,32+,33+/m0/s1. The van der Waals surface area contributed by atoms with Crippen molar-refractivity contribution in [2.75, 3.05) is 6.61 Å². The minimum Gasteiger partial charge on any atom is -0.523 e. The van der Waals surface area contributed by atoms with E-state index in [1.807, 2.05) is 0 Å². The second-order valence-electron chi connectivity index (χ2n) is 15.7. The first-order valence-electron chi connectivity index (χ1n) is 14.8. The fourth-order valence-corrected chi connectivity index (χ4v) is 10.9. The van der Waals surface area contributed by atoms with Crippen LogP contribution in [0.25, 0.3) is 4.85 Å². The second kappa shape index (κ2) is 8.20. The van der Waals surface area contributed by atoms with Gasteiger partial charge < -0.3 is 10.2 Å². The number of carbonyl (C=O) groups excluding carboxylic acids is 1. The molecule has 37 heavy (non-hydrogen) atoms. The van der Waals surface area contributed by atoms with Crippen LogP contribution in [0.1, 0.15) is 113 Å². The van der Waals surface area contributed by atoms with E-state index < -0.39 is 5.41 Å². The van der Waals surface area contributed by atoms with Gasteiger partial charge in [-0.2, -0.15) is 0 Å². The van der Waals surface area contributed by atoms with Crippen molar-refractivity contribution in [3.05, 3.63) is 34.5 Å². The molecule has 3 fully saturated rings. The van der Waals surface area contributed by atoms with Crippen molar-refractivity contribution < 1.29 is 15.0 Å². The fourth-order valence-electron chi connectivity index (χ4n) is 10.9. The van der Waals surface area contributed by atoms with Crippen LogP contribution < -0.4 is 0 Å². The summed E-state index contributed by atoms with van der Waals surface area (Å²) in [5.41, 5.74) is 1.15. The van der Waals surface area contributed by atoms with Gasteiger partial charge >= 0.3 is 0 Å². The Kier molecular flexibility index (Phi) is 5.98. The maximum Gasteiger partial charge on any atom is 0.203 e. The van der Waals surface area contributed by atoms with E-state index in [0.29, 0.717) is 23.8 Å². The topological polar surface area (TPSA) is 61.9 Å². The lowest BCUT2D eigenvalue weighted by Crippen LogP contribution is -2.64. The summed E-state index contributed by atoms with van der Waals surface area (Å²) in [6.45, 7) is 24.2. The van der Waals surface area contributed by atoms with Gasteiger partial charge in [-0.3, -0.25) is 4.79 Å². The first kappa shape index (κ1) is 27.0. The molecule has 0 radical (unpaired) electrons. The molecule has 5 aliphatic carbocycles. The molecule has 0 aliphatic heterocycles. The molecule has 0 aromatic heterocycles. The molecule has 7 atom stereocenters. The first-order valence-corrected chi connectivity index (χ1v) is 14.8. The molecule has 3 saturated carbocycles. The van der Waals surface area contributed by atoms with Gasteiger partial charge in [0.05, 0.1) is 6.57 Å². The molecule has 0 aromatic rings. The number of aliphatic hydroxyl groups excluding tert-OH is 2. The summed E-state index contributed by atoms with van der Waals surface area (Å²) in [5, 5.41) is 20.8. The number of rotatable bonds is 3. The molecule has 0 aromatic carbocycles. The minimum atomic E-state index is -0.477. The Morgan fingerprint density at radius 1 is 1.03 bits per heavy atom. The maximum absolute atomic E-state index is 14.5. The number of hydrogen-bond acceptors (Lipinski definition) is 3. The van der Waals surface area contributed by atoms with Crippen molar-refractivity contribution in [2.24, 2.45) is 50.2 Å². The summed E-state index contributed by atoms with van der Waals surface area (Å²) in [6, 6.07) is 0. The smallest absolute Gasteiger partial charge is 0.203 e. The van der Waals surface area contributed by atoms with Crippen LogP contribution in [0.5, 0.6) is 0 Å². The van der Waals surface area contributed by atoms with Crippen molar-refractivity contribution in [1.29, 1.82) is 0 Å². The van der Waals surface area contributed by atoms with Crippen LogP contribution in [0.3, 0.4) is 0 Å². The van der Waals surface area contributed by atoms with E-state index in [-0.39, 0.29) is 51.3 Å². The lowest BCUT2D eigenvalue weighted by atomic mass is 9.34. The first-order chi connectivity index (χ1) is 17.1. The molecule has 5 aliphatic rings. The van der Waals surface area contributed by atoms with Crippen LogP contribution >= 0.6 is 0 Å². The summed E-state index contributed by atoms with van der Waals surface area (Å²) in [7, 11) is 0. The fraction of sp³-hybridized carbons (Fsp3) is 0.818. The van der Waals surface area contributed by atoms with E-state index in [1.165, 1.54) is 18.4 Å². The average molecular weight is 508 g/mol. The third-order valence-electron chi connectivity index (χ3n) is 13.1. The van der Waals surface area contributed by atoms with Crippen LogP contribution in [-0.2, 0) is 4.79 Å². The molecule has 0 heterocycles. The number of allylic oxidation sites excluding steroid dienone is 4. The second-order valence-corrected chi connectivity index (χ2v) is 15.7. The summed E-state index contributed by atoms with van der Waals surface area (Å²) < 4.78 is 0. The zero-order valence-corrected chi connectivity index (χ0v) is 24.3. The highest BCUT2D eigenvalue weighted by atomic mass is 16.3. The van der Waals surface area contributed by atoms with Crippen molar-refractivity contribution in [3.63, 3.8) is 0 Å². The van der Waals surface area contributed by atoms with E-state index in [2.05, 4.69) is 59.4 Å². The third kappa shape index (κ3) is 3.44. The van der Waals surface area contributed by atoms with Crippen LogP contribution in [0.4, 0.5) is 0 Å². The quantitative estimate of drug-likeness (QED) is 0.380. The van der Waals surface area contributed by atoms with E-state index in [4.69, 9.17) is 6.57 Å². The zero-order valence-electron chi connectivity index (χ0n) is 24.3. The minimum absolute atomic E-state index is 0.0225. The number of nitrogens with zero attached hydrogens (tertiary/aromatic N) is 1. The van der Waals surface area contributed by atoms with Crippen LogP contribution in [0.2, 0.25) is 0 Å². The molecule has 0 saturated heterocycles. The van der Waals surface area contributed by atoms with E-state index in [9.17, 15) is 15.0 Å². The van der Waals surface area contributed by atoms with Crippen molar-refractivity contribution >= 4 is 5.78 Å². The van der Waals surface area contributed by atoms with Crippen molar-refractivity contribution in [1.82, 2.24) is 0 Å². The van der Waals surface area contributed by atoms with E-state index >= 15 is 0 Å². The molecular weight excluding hydrogens is 458 g/mol. The van der Waals surface area contributed by atoms with Gasteiger partial charge in [-0.15, -0.1) is 0 Å². The molecule has 0 bridgehead atoms. The Morgan fingerprint density at radius 3 is 2.35 bits per heavy atom. The SMILES string of the molecule is [C-]#[N+]C1=C(O)C(C)(C)[C@@H]2CC[C@]3(C)C(=CC(=O)[C@@H]4[C@@H]5CC(C)(C)CC[C@]5(CCCO)CC[C@]43C)[C@@]2(C)C1. The Labute approximate surface area is 224 Å². The highest BCUT2D eigenvalue weighted by Crippen LogP contribution is 2.75. The van der Waals surface area contributed by atoms with Crippen LogP contribution in [-0.4, -0.2) is 22.6 Å². The van der Waals surface area contributed by atoms with Gasteiger partial charge in [-0.05, 0) is 109 Å². The highest BCUT2D eigenvalue weighted by molar-refractivity contribution is 5.95. The van der Waals surface area contributed by atoms with Crippen LogP contribution in [0.15, 0.2) is 23.1 Å². The Hall–Kier alpha value is -1.60. The van der Waals surface area contributed by atoms with Crippen molar-refractivity contribution in [3.8, 4) is 0 Å². The predicted molar refractivity (Wildman–Crippen MR) is 147 cm³/mol. The Morgan fingerprint density at radius 2 is 1.70 bits per heavy atom. The van der Waals surface area contributed by atoms with Gasteiger partial charge in [0, 0.05) is 17.9 Å². The normalized spacial score (nSPS) is 46.1. The molecule has 0 spiro atoms. The van der Waals surface area contributed by atoms with Gasteiger partial charge in [-0.1, -0.05) is 54.0 Å². The molecular formula is C33H49NO3. The molecule has 4 nitrogen and oxygen atoms in total. The molecule has 204 valence electrons. The van der Waals surface area contributed by atoms with Gasteiger partial charge in [0.25, 0.3) is 0 Å². The summed E-state index contributed by atoms with van der Waals surface area (Å²) >= 11 is 0. The number of aliphatic hydroxyl groups is 2. The third-order valence-corrected chi connectivity index (χ3v) is 13.1. The highest BCUT2D eigenvalue weighted by Gasteiger charge is 2.69. The lowest BCUT2D eigenvalue weighted by molar-refractivity contribution is -0.174. The van der Waals surface area contributed by atoms with E-state index in [0.717, 1.165) is 44.9 Å².